The molecule has 1 atom stereocenters. The van der Waals surface area contributed by atoms with Gasteiger partial charge in [-0.3, -0.25) is 0 Å². The molecule has 0 radical (unpaired) electrons. The van der Waals surface area contributed by atoms with E-state index in [1.807, 2.05) is 25.7 Å². The molecule has 3 rings (SSSR count). The van der Waals surface area contributed by atoms with Gasteiger partial charge in [-0.2, -0.15) is 0 Å². The van der Waals surface area contributed by atoms with Gasteiger partial charge in [0.2, 0.25) is 0 Å². The van der Waals surface area contributed by atoms with Crippen molar-refractivity contribution in [1.82, 2.24) is 14.7 Å². The number of piperidine rings is 1. The molecule has 0 aliphatic carbocycles. The van der Waals surface area contributed by atoms with Crippen LogP contribution in [0.25, 0.3) is 0 Å². The average molecular weight is 402 g/mol. The van der Waals surface area contributed by atoms with Crippen LogP contribution in [0, 0.1) is 11.8 Å². The van der Waals surface area contributed by atoms with Crippen molar-refractivity contribution in [2.24, 2.45) is 11.8 Å². The van der Waals surface area contributed by atoms with Crippen LogP contribution < -0.4 is 0 Å². The highest BCUT2D eigenvalue weighted by Crippen LogP contribution is 2.24. The number of amides is 1. The molecule has 29 heavy (non-hydrogen) atoms. The lowest BCUT2D eigenvalue weighted by atomic mass is 9.95. The van der Waals surface area contributed by atoms with Gasteiger partial charge in [0.05, 0.1) is 0 Å². The second-order valence-electron chi connectivity index (χ2n) is 10.0. The van der Waals surface area contributed by atoms with Crippen molar-refractivity contribution >= 4 is 6.09 Å². The first-order valence-electron chi connectivity index (χ1n) is 11.2. The molecule has 2 fully saturated rings. The number of rotatable bonds is 6. The van der Waals surface area contributed by atoms with Crippen LogP contribution in [0.1, 0.15) is 45.6 Å². The lowest BCUT2D eigenvalue weighted by Crippen LogP contribution is -2.41. The summed E-state index contributed by atoms with van der Waals surface area (Å²) in [5.41, 5.74) is 0.980. The van der Waals surface area contributed by atoms with Crippen LogP contribution in [0.5, 0.6) is 0 Å². The standard InChI is InChI=1S/C24H39N3O2/c1-24(2,3)29-23(28)27-15-12-22(19-27)18-26-13-10-21(11-14-26)17-25(4)16-20-8-6-5-7-9-20/h5-9,21-22H,10-19H2,1-4H3/t22-/m0/s1. The molecule has 0 spiro atoms. The van der Waals surface area contributed by atoms with Gasteiger partial charge in [-0.15, -0.1) is 0 Å². The van der Waals surface area contributed by atoms with Crippen LogP contribution in [-0.4, -0.2) is 72.7 Å². The molecule has 0 unspecified atom stereocenters. The Bertz CT molecular complexity index is 635. The zero-order valence-electron chi connectivity index (χ0n) is 18.8. The third-order valence-electron chi connectivity index (χ3n) is 6.03. The first-order valence-corrected chi connectivity index (χ1v) is 11.2. The maximum Gasteiger partial charge on any atom is 0.410 e. The predicted octanol–water partition coefficient (Wildman–Crippen LogP) is 4.09. The van der Waals surface area contributed by atoms with E-state index in [0.29, 0.717) is 5.92 Å². The third-order valence-corrected chi connectivity index (χ3v) is 6.03. The Morgan fingerprint density at radius 1 is 1.07 bits per heavy atom. The van der Waals surface area contributed by atoms with Crippen molar-refractivity contribution in [2.45, 2.75) is 52.2 Å². The fourth-order valence-corrected chi connectivity index (χ4v) is 4.59. The Kier molecular flexibility index (Phi) is 7.58. The van der Waals surface area contributed by atoms with E-state index in [9.17, 15) is 4.79 Å². The van der Waals surface area contributed by atoms with Crippen LogP contribution in [0.4, 0.5) is 4.79 Å². The molecule has 0 saturated carbocycles. The summed E-state index contributed by atoms with van der Waals surface area (Å²) in [6.45, 7) is 13.2. The molecule has 1 aromatic rings. The van der Waals surface area contributed by atoms with Crippen LogP contribution in [0.2, 0.25) is 0 Å². The van der Waals surface area contributed by atoms with Crippen molar-refractivity contribution in [3.8, 4) is 0 Å². The van der Waals surface area contributed by atoms with Gasteiger partial charge in [0.1, 0.15) is 5.60 Å². The number of hydrogen-bond donors (Lipinski definition) is 0. The Morgan fingerprint density at radius 3 is 2.38 bits per heavy atom. The Labute approximate surface area is 177 Å². The van der Waals surface area contributed by atoms with Gasteiger partial charge in [0.15, 0.2) is 0 Å². The largest absolute Gasteiger partial charge is 0.444 e. The average Bonchev–Trinajstić information content (AvgIpc) is 3.11. The molecule has 2 aliphatic rings. The normalized spacial score (nSPS) is 21.7. The summed E-state index contributed by atoms with van der Waals surface area (Å²) in [6.07, 6.45) is 3.50. The van der Waals surface area contributed by atoms with Crippen molar-refractivity contribution in [1.29, 1.82) is 0 Å². The lowest BCUT2D eigenvalue weighted by Gasteiger charge is -2.35. The third kappa shape index (κ3) is 7.31. The topological polar surface area (TPSA) is 36.0 Å². The molecule has 0 N–H and O–H groups in total. The molecule has 162 valence electrons. The zero-order chi connectivity index (χ0) is 20.9. The number of hydrogen-bond acceptors (Lipinski definition) is 4. The summed E-state index contributed by atoms with van der Waals surface area (Å²) in [5, 5.41) is 0. The number of ether oxygens (including phenoxy) is 1. The first-order chi connectivity index (χ1) is 13.8. The Morgan fingerprint density at radius 2 is 1.72 bits per heavy atom. The highest BCUT2D eigenvalue weighted by molar-refractivity contribution is 5.68. The second kappa shape index (κ2) is 9.94. The maximum absolute atomic E-state index is 12.3. The molecule has 2 saturated heterocycles. The molecule has 5 nitrogen and oxygen atoms in total. The van der Waals surface area contributed by atoms with E-state index in [1.165, 1.54) is 38.0 Å². The van der Waals surface area contributed by atoms with Gasteiger partial charge in [-0.25, -0.2) is 4.79 Å². The molecule has 2 aliphatic heterocycles. The monoisotopic (exact) mass is 401 g/mol. The van der Waals surface area contributed by atoms with Gasteiger partial charge in [0.25, 0.3) is 0 Å². The summed E-state index contributed by atoms with van der Waals surface area (Å²) in [5.74, 6) is 1.38. The van der Waals surface area contributed by atoms with Crippen molar-refractivity contribution in [3.63, 3.8) is 0 Å². The van der Waals surface area contributed by atoms with Crippen LogP contribution in [0.15, 0.2) is 30.3 Å². The second-order valence-corrected chi connectivity index (χ2v) is 10.0. The molecular formula is C24H39N3O2. The molecule has 1 amide bonds. The highest BCUT2D eigenvalue weighted by atomic mass is 16.6. The van der Waals surface area contributed by atoms with Crippen molar-refractivity contribution in [3.05, 3.63) is 35.9 Å². The quantitative estimate of drug-likeness (QED) is 0.719. The summed E-state index contributed by atoms with van der Waals surface area (Å²) in [4.78, 5) is 19.2. The van der Waals surface area contributed by atoms with Crippen LogP contribution in [0.3, 0.4) is 0 Å². The van der Waals surface area contributed by atoms with Gasteiger partial charge in [-0.1, -0.05) is 30.3 Å². The number of carbonyl (C=O) groups is 1. The molecule has 2 heterocycles. The summed E-state index contributed by atoms with van der Waals surface area (Å²) in [7, 11) is 2.24. The van der Waals surface area contributed by atoms with Gasteiger partial charge >= 0.3 is 6.09 Å². The zero-order valence-corrected chi connectivity index (χ0v) is 18.8. The van der Waals surface area contributed by atoms with Gasteiger partial charge in [0, 0.05) is 32.7 Å². The van der Waals surface area contributed by atoms with Crippen molar-refractivity contribution < 1.29 is 9.53 Å². The Balaban J connectivity index is 1.34. The summed E-state index contributed by atoms with van der Waals surface area (Å²) < 4.78 is 5.52. The minimum absolute atomic E-state index is 0.153. The fraction of sp³-hybridized carbons (Fsp3) is 0.708. The first kappa shape index (κ1) is 22.1. The number of benzene rings is 1. The molecule has 5 heteroatoms. The fourth-order valence-electron chi connectivity index (χ4n) is 4.59. The van der Waals surface area contributed by atoms with E-state index in [1.54, 1.807) is 0 Å². The van der Waals surface area contributed by atoms with E-state index >= 15 is 0 Å². The van der Waals surface area contributed by atoms with E-state index < -0.39 is 5.60 Å². The summed E-state index contributed by atoms with van der Waals surface area (Å²) >= 11 is 0. The number of carbonyl (C=O) groups excluding carboxylic acids is 1. The van der Waals surface area contributed by atoms with E-state index in [4.69, 9.17) is 4.74 Å². The van der Waals surface area contributed by atoms with Crippen molar-refractivity contribution in [2.75, 3.05) is 46.3 Å². The van der Waals surface area contributed by atoms with Gasteiger partial charge < -0.3 is 19.4 Å². The summed E-state index contributed by atoms with van der Waals surface area (Å²) in [6, 6.07) is 10.7. The maximum atomic E-state index is 12.3. The van der Waals surface area contributed by atoms with E-state index in [-0.39, 0.29) is 6.09 Å². The highest BCUT2D eigenvalue weighted by Gasteiger charge is 2.31. The smallest absolute Gasteiger partial charge is 0.410 e. The number of likely N-dealkylation sites (tertiary alicyclic amines) is 2. The van der Waals surface area contributed by atoms with E-state index in [2.05, 4.69) is 47.2 Å². The minimum Gasteiger partial charge on any atom is -0.444 e. The van der Waals surface area contributed by atoms with Crippen LogP contribution >= 0.6 is 0 Å². The van der Waals surface area contributed by atoms with Gasteiger partial charge in [-0.05, 0) is 77.6 Å². The molecule has 0 bridgehead atoms. The predicted molar refractivity (Wildman–Crippen MR) is 118 cm³/mol. The van der Waals surface area contributed by atoms with Crippen LogP contribution in [-0.2, 0) is 11.3 Å². The lowest BCUT2D eigenvalue weighted by molar-refractivity contribution is 0.0283. The van der Waals surface area contributed by atoms with E-state index in [0.717, 1.165) is 38.5 Å². The number of nitrogens with zero attached hydrogens (tertiary/aromatic N) is 3. The molecule has 1 aromatic carbocycles. The minimum atomic E-state index is -0.412. The molecular weight excluding hydrogens is 362 g/mol. The SMILES string of the molecule is CN(Cc1ccccc1)CC1CCN(C[C@@H]2CCN(C(=O)OC(C)(C)C)C2)CC1. The Hall–Kier alpha value is -1.59. The molecule has 0 aromatic heterocycles.